The van der Waals surface area contributed by atoms with Crippen LogP contribution in [-0.2, 0) is 25.4 Å². The van der Waals surface area contributed by atoms with Crippen molar-refractivity contribution >= 4 is 12.1 Å². The summed E-state index contributed by atoms with van der Waals surface area (Å²) in [5, 5.41) is 2.76. The zero-order valence-corrected chi connectivity index (χ0v) is 20.7. The average Bonchev–Trinajstić information content (AvgIpc) is 2.73. The van der Waals surface area contributed by atoms with Gasteiger partial charge < -0.3 is 19.5 Å². The highest BCUT2D eigenvalue weighted by Crippen LogP contribution is 2.18. The standard InChI is InChI=1S/C26H39NO5/c1-18(16-19(2)23(30-7)17-21-12-10-9-11-13-21)14-15-22(20(3)24(28)31-8)27-25(29)32-26(4,5)6/h9-16,19-20,22-23H,17H2,1-8H3,(H,27,29)/t19-,20-,22?,23-/m0/s1. The number of ether oxygens (including phenoxy) is 3. The maximum Gasteiger partial charge on any atom is 0.408 e. The Kier molecular flexibility index (Phi) is 11.2. The van der Waals surface area contributed by atoms with Crippen molar-refractivity contribution in [1.82, 2.24) is 5.32 Å². The number of esters is 1. The van der Waals surface area contributed by atoms with Crippen LogP contribution in [0, 0.1) is 11.8 Å². The predicted molar refractivity (Wildman–Crippen MR) is 127 cm³/mol. The van der Waals surface area contributed by atoms with E-state index in [9.17, 15) is 9.59 Å². The van der Waals surface area contributed by atoms with Gasteiger partial charge in [0.2, 0.25) is 0 Å². The molecule has 1 aromatic rings. The van der Waals surface area contributed by atoms with Gasteiger partial charge in [0.1, 0.15) is 5.60 Å². The third kappa shape index (κ3) is 10.1. The van der Waals surface area contributed by atoms with Gasteiger partial charge in [-0.15, -0.1) is 0 Å². The molecule has 1 unspecified atom stereocenters. The van der Waals surface area contributed by atoms with E-state index in [2.05, 4.69) is 30.4 Å². The lowest BCUT2D eigenvalue weighted by atomic mass is 9.95. The second-order valence-electron chi connectivity index (χ2n) is 9.08. The van der Waals surface area contributed by atoms with E-state index in [1.165, 1.54) is 12.7 Å². The number of amides is 1. The van der Waals surface area contributed by atoms with Crippen molar-refractivity contribution in [1.29, 1.82) is 0 Å². The predicted octanol–water partition coefficient (Wildman–Crippen LogP) is 5.09. The molecule has 6 heteroatoms. The first-order chi connectivity index (χ1) is 15.0. The van der Waals surface area contributed by atoms with Gasteiger partial charge in [0, 0.05) is 13.0 Å². The van der Waals surface area contributed by atoms with Gasteiger partial charge in [-0.2, -0.15) is 0 Å². The molecule has 0 heterocycles. The van der Waals surface area contributed by atoms with Crippen molar-refractivity contribution in [2.75, 3.05) is 14.2 Å². The Balaban J connectivity index is 2.92. The van der Waals surface area contributed by atoms with Crippen LogP contribution in [0.1, 0.15) is 47.1 Å². The van der Waals surface area contributed by atoms with Crippen molar-refractivity contribution in [3.05, 3.63) is 59.7 Å². The summed E-state index contributed by atoms with van der Waals surface area (Å²) in [7, 11) is 3.06. The summed E-state index contributed by atoms with van der Waals surface area (Å²) >= 11 is 0. The number of allylic oxidation sites excluding steroid dienone is 2. The minimum atomic E-state index is -0.633. The van der Waals surface area contributed by atoms with Crippen molar-refractivity contribution in [3.8, 4) is 0 Å². The molecule has 1 rings (SSSR count). The maximum absolute atomic E-state index is 12.3. The van der Waals surface area contributed by atoms with Gasteiger partial charge in [0.15, 0.2) is 0 Å². The summed E-state index contributed by atoms with van der Waals surface area (Å²) in [6, 6.07) is 9.67. The fourth-order valence-electron chi connectivity index (χ4n) is 3.28. The second-order valence-corrected chi connectivity index (χ2v) is 9.08. The molecule has 4 atom stereocenters. The topological polar surface area (TPSA) is 73.9 Å². The summed E-state index contributed by atoms with van der Waals surface area (Å²) in [6.07, 6.45) is 6.08. The number of methoxy groups -OCH3 is 2. The lowest BCUT2D eigenvalue weighted by Gasteiger charge is -2.24. The first-order valence-corrected chi connectivity index (χ1v) is 11.0. The molecule has 1 amide bonds. The SMILES string of the molecule is COC(=O)[C@@H](C)C(C=CC(C)=C[C@H](C)[C@H](Cc1ccccc1)OC)NC(=O)OC(C)(C)C. The molecule has 0 aliphatic rings. The molecular formula is C26H39NO5. The number of rotatable bonds is 10. The zero-order valence-electron chi connectivity index (χ0n) is 20.7. The highest BCUT2D eigenvalue weighted by atomic mass is 16.6. The fraction of sp³-hybridized carbons (Fsp3) is 0.538. The number of nitrogens with one attached hydrogen (secondary N) is 1. The Hall–Kier alpha value is -2.60. The van der Waals surface area contributed by atoms with E-state index >= 15 is 0 Å². The molecule has 0 aliphatic carbocycles. The Morgan fingerprint density at radius 2 is 1.72 bits per heavy atom. The average molecular weight is 446 g/mol. The molecule has 32 heavy (non-hydrogen) atoms. The monoisotopic (exact) mass is 445 g/mol. The molecule has 0 spiro atoms. The maximum atomic E-state index is 12.3. The van der Waals surface area contributed by atoms with Crippen LogP contribution >= 0.6 is 0 Å². The number of hydrogen-bond donors (Lipinski definition) is 1. The lowest BCUT2D eigenvalue weighted by Crippen LogP contribution is -2.43. The van der Waals surface area contributed by atoms with E-state index in [1.54, 1.807) is 40.9 Å². The van der Waals surface area contributed by atoms with Crippen LogP contribution in [0.4, 0.5) is 4.79 Å². The number of carbonyl (C=O) groups excluding carboxylic acids is 2. The molecule has 0 radical (unpaired) electrons. The van der Waals surface area contributed by atoms with Crippen LogP contribution < -0.4 is 5.32 Å². The van der Waals surface area contributed by atoms with Crippen molar-refractivity contribution in [2.45, 2.75) is 65.7 Å². The molecule has 0 saturated carbocycles. The minimum Gasteiger partial charge on any atom is -0.469 e. The van der Waals surface area contributed by atoms with Crippen LogP contribution in [0.3, 0.4) is 0 Å². The molecule has 0 aliphatic heterocycles. The third-order valence-corrected chi connectivity index (χ3v) is 5.06. The van der Waals surface area contributed by atoms with Crippen LogP contribution in [-0.4, -0.2) is 44.0 Å². The van der Waals surface area contributed by atoms with E-state index < -0.39 is 29.6 Å². The van der Waals surface area contributed by atoms with Crippen LogP contribution in [0.2, 0.25) is 0 Å². The first kappa shape index (κ1) is 27.4. The van der Waals surface area contributed by atoms with Crippen molar-refractivity contribution in [2.24, 2.45) is 11.8 Å². The molecule has 1 aromatic carbocycles. The van der Waals surface area contributed by atoms with Crippen LogP contribution in [0.5, 0.6) is 0 Å². The Morgan fingerprint density at radius 3 is 2.25 bits per heavy atom. The molecule has 0 aromatic heterocycles. The van der Waals surface area contributed by atoms with E-state index in [0.717, 1.165) is 12.0 Å². The van der Waals surface area contributed by atoms with Gasteiger partial charge in [0.25, 0.3) is 0 Å². The first-order valence-electron chi connectivity index (χ1n) is 11.0. The molecule has 178 valence electrons. The van der Waals surface area contributed by atoms with Gasteiger partial charge in [-0.25, -0.2) is 4.79 Å². The van der Waals surface area contributed by atoms with E-state index in [-0.39, 0.29) is 12.0 Å². The fourth-order valence-corrected chi connectivity index (χ4v) is 3.28. The quantitative estimate of drug-likeness (QED) is 0.401. The van der Waals surface area contributed by atoms with Gasteiger partial charge >= 0.3 is 12.1 Å². The number of benzene rings is 1. The van der Waals surface area contributed by atoms with Crippen LogP contribution in [0.15, 0.2) is 54.1 Å². The smallest absolute Gasteiger partial charge is 0.408 e. The molecular weight excluding hydrogens is 406 g/mol. The molecule has 0 saturated heterocycles. The second kappa shape index (κ2) is 13.1. The summed E-state index contributed by atoms with van der Waals surface area (Å²) < 4.78 is 15.9. The van der Waals surface area contributed by atoms with Gasteiger partial charge in [-0.3, -0.25) is 4.79 Å². The van der Waals surface area contributed by atoms with E-state index in [1.807, 2.05) is 31.2 Å². The van der Waals surface area contributed by atoms with E-state index in [4.69, 9.17) is 14.2 Å². The summed E-state index contributed by atoms with van der Waals surface area (Å²) in [4.78, 5) is 24.3. The normalized spacial score (nSPS) is 16.2. The molecule has 6 nitrogen and oxygen atoms in total. The van der Waals surface area contributed by atoms with E-state index in [0.29, 0.717) is 0 Å². The number of carbonyl (C=O) groups is 2. The number of alkyl carbamates (subject to hydrolysis) is 1. The highest BCUT2D eigenvalue weighted by molar-refractivity contribution is 5.75. The van der Waals surface area contributed by atoms with Gasteiger partial charge in [-0.05, 0) is 46.6 Å². The lowest BCUT2D eigenvalue weighted by molar-refractivity contribution is -0.145. The highest BCUT2D eigenvalue weighted by Gasteiger charge is 2.26. The zero-order chi connectivity index (χ0) is 24.3. The largest absolute Gasteiger partial charge is 0.469 e. The molecule has 0 bridgehead atoms. The minimum absolute atomic E-state index is 0.0328. The summed E-state index contributed by atoms with van der Waals surface area (Å²) in [5.74, 6) is -0.813. The summed E-state index contributed by atoms with van der Waals surface area (Å²) in [6.45, 7) is 11.2. The Morgan fingerprint density at radius 1 is 1.09 bits per heavy atom. The Bertz CT molecular complexity index is 779. The number of hydrogen-bond acceptors (Lipinski definition) is 5. The molecule has 0 fully saturated rings. The molecule has 1 N–H and O–H groups in total. The Labute approximate surface area is 193 Å². The van der Waals surface area contributed by atoms with Gasteiger partial charge in [0.05, 0.1) is 25.2 Å². The van der Waals surface area contributed by atoms with Crippen molar-refractivity contribution < 1.29 is 23.8 Å². The van der Waals surface area contributed by atoms with Crippen LogP contribution in [0.25, 0.3) is 0 Å². The van der Waals surface area contributed by atoms with Crippen molar-refractivity contribution in [3.63, 3.8) is 0 Å². The van der Waals surface area contributed by atoms with Gasteiger partial charge in [-0.1, -0.05) is 61.1 Å². The third-order valence-electron chi connectivity index (χ3n) is 5.06. The summed E-state index contributed by atoms with van der Waals surface area (Å²) in [5.41, 5.74) is 1.59.